The summed E-state index contributed by atoms with van der Waals surface area (Å²) in [5.74, 6) is -0.508. The van der Waals surface area contributed by atoms with Crippen molar-refractivity contribution < 1.29 is 14.3 Å². The summed E-state index contributed by atoms with van der Waals surface area (Å²) in [6.45, 7) is 7.25. The van der Waals surface area contributed by atoms with Gasteiger partial charge >= 0.3 is 5.97 Å². The van der Waals surface area contributed by atoms with Crippen LogP contribution in [0.15, 0.2) is 28.6 Å². The predicted molar refractivity (Wildman–Crippen MR) is 107 cm³/mol. The van der Waals surface area contributed by atoms with E-state index in [0.29, 0.717) is 6.42 Å². The summed E-state index contributed by atoms with van der Waals surface area (Å²) in [5, 5.41) is 8.71. The standard InChI is InChI=1S/C19H23N3O3S2/c1-12-20-21-18(26-12)27-15-10-9-13-7-5-6-8-14(13)22(17(15)24)11-16(23)25-19(2,3)4/h5-8,15H,9-11H2,1-4H3. The molecule has 0 fully saturated rings. The van der Waals surface area contributed by atoms with Gasteiger partial charge in [0, 0.05) is 5.69 Å². The average molecular weight is 406 g/mol. The van der Waals surface area contributed by atoms with Gasteiger partial charge in [0.05, 0.1) is 5.25 Å². The number of para-hydroxylation sites is 1. The monoisotopic (exact) mass is 405 g/mol. The fourth-order valence-corrected chi connectivity index (χ4v) is 5.03. The Kier molecular flexibility index (Phi) is 5.86. The van der Waals surface area contributed by atoms with Gasteiger partial charge in [-0.1, -0.05) is 41.3 Å². The molecule has 0 bridgehead atoms. The number of hydrogen-bond acceptors (Lipinski definition) is 7. The van der Waals surface area contributed by atoms with E-state index in [2.05, 4.69) is 10.2 Å². The molecule has 1 amide bonds. The van der Waals surface area contributed by atoms with Crippen LogP contribution in [0.5, 0.6) is 0 Å². The third kappa shape index (κ3) is 5.07. The highest BCUT2D eigenvalue weighted by Gasteiger charge is 2.33. The summed E-state index contributed by atoms with van der Waals surface area (Å²) in [5.41, 5.74) is 1.25. The topological polar surface area (TPSA) is 72.4 Å². The molecule has 1 aromatic carbocycles. The normalized spacial score (nSPS) is 17.4. The zero-order chi connectivity index (χ0) is 19.6. The molecule has 0 radical (unpaired) electrons. The Morgan fingerprint density at radius 1 is 1.33 bits per heavy atom. The summed E-state index contributed by atoms with van der Waals surface area (Å²) < 4.78 is 6.21. The molecule has 27 heavy (non-hydrogen) atoms. The van der Waals surface area contributed by atoms with Crippen molar-refractivity contribution in [2.24, 2.45) is 0 Å². The summed E-state index contributed by atoms with van der Waals surface area (Å²) in [6, 6.07) is 7.74. The minimum atomic E-state index is -0.594. The first kappa shape index (κ1) is 19.8. The molecule has 0 saturated carbocycles. The van der Waals surface area contributed by atoms with Crippen LogP contribution in [0.25, 0.3) is 0 Å². The second kappa shape index (κ2) is 7.98. The van der Waals surface area contributed by atoms with Gasteiger partial charge in [-0.3, -0.25) is 14.5 Å². The van der Waals surface area contributed by atoms with E-state index in [0.717, 1.165) is 27.0 Å². The van der Waals surface area contributed by atoms with Crippen LogP contribution in [0, 0.1) is 6.92 Å². The zero-order valence-corrected chi connectivity index (χ0v) is 17.5. The van der Waals surface area contributed by atoms with Crippen molar-refractivity contribution in [1.29, 1.82) is 0 Å². The van der Waals surface area contributed by atoms with Gasteiger partial charge in [-0.25, -0.2) is 0 Å². The molecule has 1 aromatic heterocycles. The number of amides is 1. The number of aryl methyl sites for hydroxylation is 2. The molecule has 2 heterocycles. The van der Waals surface area contributed by atoms with Gasteiger partial charge in [-0.15, -0.1) is 10.2 Å². The zero-order valence-electron chi connectivity index (χ0n) is 15.9. The molecule has 0 aliphatic carbocycles. The molecule has 6 nitrogen and oxygen atoms in total. The quantitative estimate of drug-likeness (QED) is 0.724. The molecule has 3 rings (SSSR count). The SMILES string of the molecule is Cc1nnc(SC2CCc3ccccc3N(CC(=O)OC(C)(C)C)C2=O)s1. The number of aromatic nitrogens is 2. The van der Waals surface area contributed by atoms with Crippen molar-refractivity contribution in [3.05, 3.63) is 34.8 Å². The van der Waals surface area contributed by atoms with Crippen LogP contribution in [-0.4, -0.2) is 39.5 Å². The summed E-state index contributed by atoms with van der Waals surface area (Å²) in [7, 11) is 0. The van der Waals surface area contributed by atoms with Crippen LogP contribution in [0.3, 0.4) is 0 Å². The lowest BCUT2D eigenvalue weighted by Gasteiger charge is -2.27. The number of rotatable bonds is 4. The average Bonchev–Trinajstić information content (AvgIpc) is 2.94. The summed E-state index contributed by atoms with van der Waals surface area (Å²) in [4.78, 5) is 27.3. The molecule has 0 spiro atoms. The molecule has 1 atom stereocenters. The first-order valence-corrected chi connectivity index (χ1v) is 10.5. The fraction of sp³-hybridized carbons (Fsp3) is 0.474. The van der Waals surface area contributed by atoms with Crippen molar-refractivity contribution in [3.63, 3.8) is 0 Å². The molecule has 1 unspecified atom stereocenters. The Balaban J connectivity index is 1.86. The van der Waals surface area contributed by atoms with Crippen LogP contribution in [-0.2, 0) is 20.7 Å². The maximum atomic E-state index is 13.3. The number of nitrogens with zero attached hydrogens (tertiary/aromatic N) is 3. The van der Waals surface area contributed by atoms with Crippen molar-refractivity contribution in [2.45, 2.75) is 55.7 Å². The molecule has 1 aliphatic rings. The molecular formula is C19H23N3O3S2. The number of thioether (sulfide) groups is 1. The smallest absolute Gasteiger partial charge is 0.326 e. The van der Waals surface area contributed by atoms with Gasteiger partial charge in [0.25, 0.3) is 0 Å². The van der Waals surface area contributed by atoms with E-state index < -0.39 is 11.6 Å². The minimum absolute atomic E-state index is 0.0938. The summed E-state index contributed by atoms with van der Waals surface area (Å²) in [6.07, 6.45) is 1.45. The highest BCUT2D eigenvalue weighted by atomic mass is 32.2. The Bertz CT molecular complexity index is 845. The number of carbonyl (C=O) groups is 2. The van der Waals surface area contributed by atoms with Crippen LogP contribution < -0.4 is 4.90 Å². The van der Waals surface area contributed by atoms with Crippen molar-refractivity contribution in [1.82, 2.24) is 10.2 Å². The van der Waals surface area contributed by atoms with Crippen molar-refractivity contribution in [3.8, 4) is 0 Å². The van der Waals surface area contributed by atoms with E-state index in [9.17, 15) is 9.59 Å². The minimum Gasteiger partial charge on any atom is -0.459 e. The molecule has 0 saturated heterocycles. The van der Waals surface area contributed by atoms with Crippen LogP contribution in [0.2, 0.25) is 0 Å². The third-order valence-electron chi connectivity index (χ3n) is 3.96. The molecule has 1 aliphatic heterocycles. The second-order valence-corrected chi connectivity index (χ2v) is 10.0. The lowest BCUT2D eigenvalue weighted by atomic mass is 10.1. The first-order chi connectivity index (χ1) is 12.7. The van der Waals surface area contributed by atoms with Crippen LogP contribution in [0.4, 0.5) is 5.69 Å². The number of carbonyl (C=O) groups excluding carboxylic acids is 2. The predicted octanol–water partition coefficient (Wildman–Crippen LogP) is 3.63. The lowest BCUT2D eigenvalue weighted by Crippen LogP contribution is -2.42. The molecular weight excluding hydrogens is 382 g/mol. The van der Waals surface area contributed by atoms with E-state index in [1.165, 1.54) is 23.1 Å². The first-order valence-electron chi connectivity index (χ1n) is 8.81. The van der Waals surface area contributed by atoms with Gasteiger partial charge < -0.3 is 4.74 Å². The number of ether oxygens (including phenoxy) is 1. The third-order valence-corrected chi connectivity index (χ3v) is 6.13. The number of anilines is 1. The largest absolute Gasteiger partial charge is 0.459 e. The molecule has 2 aromatic rings. The van der Waals surface area contributed by atoms with Gasteiger partial charge in [-0.2, -0.15) is 0 Å². The Hall–Kier alpha value is -1.93. The second-order valence-electron chi connectivity index (χ2n) is 7.37. The Morgan fingerprint density at radius 2 is 2.07 bits per heavy atom. The summed E-state index contributed by atoms with van der Waals surface area (Å²) >= 11 is 2.90. The fourth-order valence-electron chi connectivity index (χ4n) is 2.91. The van der Waals surface area contributed by atoms with Crippen molar-refractivity contribution in [2.75, 3.05) is 11.4 Å². The van der Waals surface area contributed by atoms with Crippen LogP contribution in [0.1, 0.15) is 37.8 Å². The Labute approximate surface area is 167 Å². The molecule has 0 N–H and O–H groups in total. The van der Waals surface area contributed by atoms with E-state index in [-0.39, 0.29) is 17.7 Å². The van der Waals surface area contributed by atoms with Crippen molar-refractivity contribution >= 4 is 40.7 Å². The molecule has 8 heteroatoms. The van der Waals surface area contributed by atoms with E-state index in [4.69, 9.17) is 4.74 Å². The number of fused-ring (bicyclic) bond motifs is 1. The van der Waals surface area contributed by atoms with E-state index in [1.54, 1.807) is 4.90 Å². The van der Waals surface area contributed by atoms with Gasteiger partial charge in [-0.05, 0) is 52.2 Å². The maximum absolute atomic E-state index is 13.3. The van der Waals surface area contributed by atoms with Crippen LogP contribution >= 0.6 is 23.1 Å². The van der Waals surface area contributed by atoms with Gasteiger partial charge in [0.1, 0.15) is 17.2 Å². The highest BCUT2D eigenvalue weighted by Crippen LogP contribution is 2.35. The number of hydrogen-bond donors (Lipinski definition) is 0. The highest BCUT2D eigenvalue weighted by molar-refractivity contribution is 8.02. The molecule has 144 valence electrons. The maximum Gasteiger partial charge on any atom is 0.326 e. The number of benzene rings is 1. The lowest BCUT2D eigenvalue weighted by molar-refractivity contribution is -0.153. The number of esters is 1. The Morgan fingerprint density at radius 3 is 2.74 bits per heavy atom. The van der Waals surface area contributed by atoms with E-state index >= 15 is 0 Å². The van der Waals surface area contributed by atoms with Gasteiger partial charge in [0.2, 0.25) is 5.91 Å². The van der Waals surface area contributed by atoms with E-state index in [1.807, 2.05) is 52.0 Å². The van der Waals surface area contributed by atoms with Gasteiger partial charge in [0.15, 0.2) is 4.34 Å².